The molecule has 7 nitrogen and oxygen atoms in total. The van der Waals surface area contributed by atoms with E-state index in [2.05, 4.69) is 9.72 Å². The molecule has 0 saturated carbocycles. The number of alkyl halides is 3. The van der Waals surface area contributed by atoms with E-state index in [0.717, 1.165) is 17.0 Å². The third-order valence-electron chi connectivity index (χ3n) is 5.16. The summed E-state index contributed by atoms with van der Waals surface area (Å²) in [5.41, 5.74) is 0.683. The minimum Gasteiger partial charge on any atom is -0.507 e. The van der Waals surface area contributed by atoms with E-state index in [0.29, 0.717) is 11.3 Å². The zero-order valence-electron chi connectivity index (χ0n) is 17.6. The Morgan fingerprint density at radius 1 is 1.00 bits per heavy atom. The van der Waals surface area contributed by atoms with Gasteiger partial charge in [-0.3, -0.25) is 19.5 Å². The Balaban J connectivity index is 1.84. The van der Waals surface area contributed by atoms with E-state index in [1.54, 1.807) is 30.3 Å². The Kier molecular flexibility index (Phi) is 5.97. The predicted molar refractivity (Wildman–Crippen MR) is 115 cm³/mol. The van der Waals surface area contributed by atoms with Gasteiger partial charge in [0.05, 0.1) is 18.7 Å². The van der Waals surface area contributed by atoms with Crippen LogP contribution in [0.4, 0.5) is 18.9 Å². The molecule has 2 aromatic carbocycles. The summed E-state index contributed by atoms with van der Waals surface area (Å²) in [6.45, 7) is 0. The zero-order chi connectivity index (χ0) is 24.5. The fourth-order valence-corrected chi connectivity index (χ4v) is 3.69. The number of ketones is 1. The molecule has 1 amide bonds. The van der Waals surface area contributed by atoms with Crippen LogP contribution in [-0.4, -0.2) is 35.3 Å². The molecule has 0 aliphatic carbocycles. The SMILES string of the molecule is COc1cccc(/C(O)=C2/C(=O)C(=O)N(c3ccc(OC(F)(F)F)cc3)C2c2ccncc2)c1. The lowest BCUT2D eigenvalue weighted by Crippen LogP contribution is -2.29. The van der Waals surface area contributed by atoms with Crippen molar-refractivity contribution in [2.45, 2.75) is 12.4 Å². The van der Waals surface area contributed by atoms with Crippen molar-refractivity contribution >= 4 is 23.1 Å². The van der Waals surface area contributed by atoms with Crippen molar-refractivity contribution in [3.05, 3.63) is 89.8 Å². The Morgan fingerprint density at radius 2 is 1.68 bits per heavy atom. The maximum Gasteiger partial charge on any atom is 0.573 e. The zero-order valence-corrected chi connectivity index (χ0v) is 17.6. The van der Waals surface area contributed by atoms with Crippen LogP contribution in [0, 0.1) is 0 Å². The molecule has 34 heavy (non-hydrogen) atoms. The number of ether oxygens (including phenoxy) is 2. The summed E-state index contributed by atoms with van der Waals surface area (Å²) in [6, 6.07) is 13.0. The highest BCUT2D eigenvalue weighted by Crippen LogP contribution is 2.42. The number of benzene rings is 2. The summed E-state index contributed by atoms with van der Waals surface area (Å²) in [4.78, 5) is 31.2. The number of amides is 1. The largest absolute Gasteiger partial charge is 0.573 e. The average molecular weight is 470 g/mol. The van der Waals surface area contributed by atoms with Crippen molar-refractivity contribution in [3.8, 4) is 11.5 Å². The van der Waals surface area contributed by atoms with E-state index in [-0.39, 0.29) is 16.8 Å². The number of hydrogen-bond donors (Lipinski definition) is 1. The molecule has 1 aliphatic rings. The number of nitrogens with zero attached hydrogens (tertiary/aromatic N) is 2. The Bertz CT molecular complexity index is 1260. The van der Waals surface area contributed by atoms with Crippen LogP contribution in [0.25, 0.3) is 5.76 Å². The predicted octanol–water partition coefficient (Wildman–Crippen LogP) is 4.62. The second-order valence-electron chi connectivity index (χ2n) is 7.22. The summed E-state index contributed by atoms with van der Waals surface area (Å²) in [5, 5.41) is 11.1. The van der Waals surface area contributed by atoms with Gasteiger partial charge in [-0.15, -0.1) is 13.2 Å². The standard InChI is InChI=1S/C24H17F3N2O5/c1-33-18-4-2-3-15(13-18)21(30)19-20(14-9-11-28-12-10-14)29(23(32)22(19)31)16-5-7-17(8-6-16)34-24(25,26)27/h2-13,20,30H,1H3/b21-19-. The fraction of sp³-hybridized carbons (Fsp3) is 0.125. The number of aliphatic hydroxyl groups excluding tert-OH is 1. The number of pyridine rings is 1. The minimum atomic E-state index is -4.88. The number of methoxy groups -OCH3 is 1. The normalized spacial score (nSPS) is 17.6. The topological polar surface area (TPSA) is 89.0 Å². The van der Waals surface area contributed by atoms with Gasteiger partial charge in [0.25, 0.3) is 11.7 Å². The molecule has 1 saturated heterocycles. The lowest BCUT2D eigenvalue weighted by molar-refractivity contribution is -0.274. The lowest BCUT2D eigenvalue weighted by atomic mass is 9.95. The third-order valence-corrected chi connectivity index (χ3v) is 5.16. The first-order chi connectivity index (χ1) is 16.2. The summed E-state index contributed by atoms with van der Waals surface area (Å²) < 4.78 is 46.6. The molecule has 1 aliphatic heterocycles. The van der Waals surface area contributed by atoms with Gasteiger partial charge in [-0.05, 0) is 54.1 Å². The molecule has 3 aromatic rings. The van der Waals surface area contributed by atoms with E-state index in [4.69, 9.17) is 4.74 Å². The average Bonchev–Trinajstić information content (AvgIpc) is 3.09. The monoisotopic (exact) mass is 470 g/mol. The molecule has 1 N–H and O–H groups in total. The highest BCUT2D eigenvalue weighted by atomic mass is 19.4. The van der Waals surface area contributed by atoms with Gasteiger partial charge in [-0.25, -0.2) is 0 Å². The van der Waals surface area contributed by atoms with Crippen LogP contribution in [0.5, 0.6) is 11.5 Å². The first kappa shape index (κ1) is 22.8. The number of Topliss-reactive ketones (excluding diaryl/α,β-unsaturated/α-hetero) is 1. The molecule has 174 valence electrons. The number of aliphatic hydroxyl groups is 1. The number of hydrogen-bond acceptors (Lipinski definition) is 6. The molecule has 10 heteroatoms. The molecular formula is C24H17F3N2O5. The number of aromatic nitrogens is 1. The molecule has 1 fully saturated rings. The van der Waals surface area contributed by atoms with Crippen LogP contribution in [0.3, 0.4) is 0 Å². The third kappa shape index (κ3) is 4.42. The molecule has 0 radical (unpaired) electrons. The molecule has 1 atom stereocenters. The molecule has 1 aromatic heterocycles. The highest BCUT2D eigenvalue weighted by molar-refractivity contribution is 6.51. The van der Waals surface area contributed by atoms with Gasteiger partial charge >= 0.3 is 6.36 Å². The van der Waals surface area contributed by atoms with Gasteiger partial charge in [-0.1, -0.05) is 12.1 Å². The van der Waals surface area contributed by atoms with E-state index in [9.17, 15) is 27.9 Å². The van der Waals surface area contributed by atoms with E-state index in [1.165, 1.54) is 37.7 Å². The van der Waals surface area contributed by atoms with Crippen LogP contribution < -0.4 is 14.4 Å². The van der Waals surface area contributed by atoms with Crippen molar-refractivity contribution in [1.82, 2.24) is 4.98 Å². The van der Waals surface area contributed by atoms with Crippen LogP contribution >= 0.6 is 0 Å². The number of halogens is 3. The van der Waals surface area contributed by atoms with E-state index < -0.39 is 35.6 Å². The molecule has 0 spiro atoms. The lowest BCUT2D eigenvalue weighted by Gasteiger charge is -2.25. The maximum absolute atomic E-state index is 13.1. The maximum atomic E-state index is 13.1. The number of carbonyl (C=O) groups is 2. The van der Waals surface area contributed by atoms with Gasteiger partial charge in [0.1, 0.15) is 17.3 Å². The Hall–Kier alpha value is -4.34. The molecule has 4 rings (SSSR count). The fourth-order valence-electron chi connectivity index (χ4n) is 3.69. The van der Waals surface area contributed by atoms with Crippen molar-refractivity contribution in [3.63, 3.8) is 0 Å². The molecule has 1 unspecified atom stereocenters. The smallest absolute Gasteiger partial charge is 0.507 e. The number of anilines is 1. The van der Waals surface area contributed by atoms with Crippen molar-refractivity contribution in [2.75, 3.05) is 12.0 Å². The first-order valence-electron chi connectivity index (χ1n) is 9.91. The van der Waals surface area contributed by atoms with Crippen molar-refractivity contribution < 1.29 is 37.3 Å². The van der Waals surface area contributed by atoms with Crippen LogP contribution in [-0.2, 0) is 9.59 Å². The Morgan fingerprint density at radius 3 is 2.29 bits per heavy atom. The second-order valence-corrected chi connectivity index (χ2v) is 7.22. The van der Waals surface area contributed by atoms with Crippen molar-refractivity contribution in [2.24, 2.45) is 0 Å². The summed E-state index contributed by atoms with van der Waals surface area (Å²) in [5.74, 6) is -2.37. The van der Waals surface area contributed by atoms with Crippen LogP contribution in [0.2, 0.25) is 0 Å². The summed E-state index contributed by atoms with van der Waals surface area (Å²) in [7, 11) is 1.45. The quantitative estimate of drug-likeness (QED) is 0.333. The highest BCUT2D eigenvalue weighted by Gasteiger charge is 2.47. The summed E-state index contributed by atoms with van der Waals surface area (Å²) in [6.07, 6.45) is -1.96. The second kappa shape index (κ2) is 8.89. The van der Waals surface area contributed by atoms with Crippen LogP contribution in [0.1, 0.15) is 17.2 Å². The van der Waals surface area contributed by atoms with Gasteiger partial charge < -0.3 is 14.6 Å². The molecular weight excluding hydrogens is 453 g/mol. The summed E-state index contributed by atoms with van der Waals surface area (Å²) >= 11 is 0. The van der Waals surface area contributed by atoms with Gasteiger partial charge in [0.15, 0.2) is 0 Å². The van der Waals surface area contributed by atoms with Gasteiger partial charge in [0, 0.05) is 23.6 Å². The van der Waals surface area contributed by atoms with E-state index in [1.807, 2.05) is 0 Å². The van der Waals surface area contributed by atoms with Crippen LogP contribution in [0.15, 0.2) is 78.6 Å². The van der Waals surface area contributed by atoms with Crippen molar-refractivity contribution in [1.29, 1.82) is 0 Å². The number of rotatable bonds is 5. The van der Waals surface area contributed by atoms with Gasteiger partial charge in [-0.2, -0.15) is 0 Å². The van der Waals surface area contributed by atoms with Gasteiger partial charge in [0.2, 0.25) is 0 Å². The first-order valence-corrected chi connectivity index (χ1v) is 9.91. The molecule has 2 heterocycles. The minimum absolute atomic E-state index is 0.142. The van der Waals surface area contributed by atoms with E-state index >= 15 is 0 Å². The molecule has 0 bridgehead atoms. The number of carbonyl (C=O) groups excluding carboxylic acids is 2. The Labute approximate surface area is 191 Å².